The zero-order chi connectivity index (χ0) is 33.3. The Morgan fingerprint density at radius 2 is 1.92 bits per heavy atom. The summed E-state index contributed by atoms with van der Waals surface area (Å²) >= 11 is 0. The number of hydrogen-bond acceptors (Lipinski definition) is 11. The second-order valence-corrected chi connectivity index (χ2v) is 12.7. The molecule has 5 heterocycles. The molecule has 3 aliphatic heterocycles. The Labute approximate surface area is 276 Å². The number of nitrogens with one attached hydrogen (secondary N) is 2. The van der Waals surface area contributed by atoms with Gasteiger partial charge >= 0.3 is 5.92 Å². The minimum Gasteiger partial charge on any atom is -0.483 e. The van der Waals surface area contributed by atoms with E-state index in [1.165, 1.54) is 18.6 Å². The first kappa shape index (κ1) is 31.6. The molecule has 1 amide bonds. The van der Waals surface area contributed by atoms with Gasteiger partial charge in [-0.25, -0.2) is 18.7 Å². The lowest BCUT2D eigenvalue weighted by molar-refractivity contribution is -0.150. The van der Waals surface area contributed by atoms with Crippen LogP contribution in [-0.4, -0.2) is 111 Å². The Kier molecular flexibility index (Phi) is 8.52. The van der Waals surface area contributed by atoms with Crippen LogP contribution in [0.25, 0.3) is 0 Å². The Bertz CT molecular complexity index is 1730. The molecule has 0 bridgehead atoms. The lowest BCUT2D eigenvalue weighted by Crippen LogP contribution is -2.56. The molecule has 3 saturated heterocycles. The molecule has 1 aromatic carbocycles. The lowest BCUT2D eigenvalue weighted by Gasteiger charge is -2.43. The van der Waals surface area contributed by atoms with Crippen LogP contribution in [-0.2, 0) is 14.9 Å². The van der Waals surface area contributed by atoms with E-state index in [2.05, 4.69) is 58.5 Å². The first-order valence-corrected chi connectivity index (χ1v) is 16.0. The van der Waals surface area contributed by atoms with E-state index in [0.29, 0.717) is 24.2 Å². The largest absolute Gasteiger partial charge is 0.483 e. The van der Waals surface area contributed by atoms with Gasteiger partial charge in [0.2, 0.25) is 5.95 Å². The van der Waals surface area contributed by atoms with Crippen molar-refractivity contribution in [3.8, 4) is 6.07 Å². The van der Waals surface area contributed by atoms with Gasteiger partial charge < -0.3 is 24.6 Å². The number of allylic oxidation sites excluding steroid dienone is 3. The van der Waals surface area contributed by atoms with Crippen LogP contribution < -0.4 is 10.2 Å². The third-order valence-corrected chi connectivity index (χ3v) is 9.40. The Hall–Kier alpha value is -4.94. The number of ether oxygens (including phenoxy) is 2. The van der Waals surface area contributed by atoms with Crippen molar-refractivity contribution in [3.63, 3.8) is 0 Å². The summed E-state index contributed by atoms with van der Waals surface area (Å²) in [6.45, 7) is 6.79. The summed E-state index contributed by atoms with van der Waals surface area (Å²) in [5, 5.41) is 19.4. The van der Waals surface area contributed by atoms with Crippen LogP contribution >= 0.6 is 0 Å². The molecule has 2 aromatic heterocycles. The zero-order valence-electron chi connectivity index (χ0n) is 26.5. The van der Waals surface area contributed by atoms with Crippen molar-refractivity contribution in [1.29, 1.82) is 5.26 Å². The highest BCUT2D eigenvalue weighted by Gasteiger charge is 2.48. The fourth-order valence-corrected chi connectivity index (χ4v) is 6.45. The van der Waals surface area contributed by atoms with Crippen LogP contribution in [0, 0.1) is 11.3 Å². The number of likely N-dealkylation sites (tertiary alicyclic amines) is 1. The summed E-state index contributed by atoms with van der Waals surface area (Å²) in [7, 11) is 0. The summed E-state index contributed by atoms with van der Waals surface area (Å²) in [5.41, 5.74) is 1.42. The third-order valence-electron chi connectivity index (χ3n) is 9.40. The van der Waals surface area contributed by atoms with Crippen molar-refractivity contribution in [1.82, 2.24) is 34.9 Å². The van der Waals surface area contributed by atoms with Gasteiger partial charge in [0.15, 0.2) is 6.10 Å². The topological polar surface area (TPSA) is 148 Å². The van der Waals surface area contributed by atoms with Crippen molar-refractivity contribution in [2.45, 2.75) is 43.2 Å². The SMILES string of the molecule is CC1(c2ncnc(Nc3ccc(N4CCN(C5COC5)CC4)cc3)n2)C=C(C#N)C(O[C@H]2CCN(C(=O)c3ccn[nH]3)CC2(F)F)=CC1. The Morgan fingerprint density at radius 3 is 2.58 bits per heavy atom. The lowest BCUT2D eigenvalue weighted by atomic mass is 9.80. The molecule has 0 radical (unpaired) electrons. The molecular formula is C33H36F2N10O3. The van der Waals surface area contributed by atoms with Crippen LogP contribution in [0.2, 0.25) is 0 Å². The molecule has 250 valence electrons. The van der Waals surface area contributed by atoms with Crippen LogP contribution in [0.1, 0.15) is 36.1 Å². The van der Waals surface area contributed by atoms with Crippen LogP contribution in [0.4, 0.5) is 26.1 Å². The average molecular weight is 659 g/mol. The molecule has 1 aliphatic carbocycles. The molecule has 2 N–H and O–H groups in total. The van der Waals surface area contributed by atoms with Crippen LogP contribution in [0.15, 0.2) is 66.3 Å². The maximum atomic E-state index is 15.2. The number of carbonyl (C=O) groups is 1. The number of amides is 1. The fourth-order valence-electron chi connectivity index (χ4n) is 6.45. The number of benzene rings is 1. The third kappa shape index (κ3) is 6.45. The minimum atomic E-state index is -3.33. The van der Waals surface area contributed by atoms with E-state index >= 15 is 8.78 Å². The van der Waals surface area contributed by atoms with Gasteiger partial charge in [0.1, 0.15) is 29.7 Å². The summed E-state index contributed by atoms with van der Waals surface area (Å²) in [5.74, 6) is -3.03. The molecule has 1 unspecified atom stereocenters. The molecule has 3 fully saturated rings. The van der Waals surface area contributed by atoms with Gasteiger partial charge in [-0.2, -0.15) is 15.3 Å². The van der Waals surface area contributed by atoms with E-state index in [0.717, 1.165) is 55.7 Å². The van der Waals surface area contributed by atoms with Crippen molar-refractivity contribution in [3.05, 3.63) is 77.9 Å². The Morgan fingerprint density at radius 1 is 1.12 bits per heavy atom. The molecule has 7 rings (SSSR count). The van der Waals surface area contributed by atoms with Gasteiger partial charge in [-0.15, -0.1) is 0 Å². The molecule has 15 heteroatoms. The number of aromatic amines is 1. The van der Waals surface area contributed by atoms with E-state index in [4.69, 9.17) is 9.47 Å². The van der Waals surface area contributed by atoms with E-state index in [1.54, 1.807) is 12.2 Å². The summed E-state index contributed by atoms with van der Waals surface area (Å²) < 4.78 is 41.5. The maximum Gasteiger partial charge on any atom is 0.301 e. The number of hydrogen-bond donors (Lipinski definition) is 2. The summed E-state index contributed by atoms with van der Waals surface area (Å²) in [6, 6.07) is 12.2. The van der Waals surface area contributed by atoms with E-state index in [1.807, 2.05) is 19.1 Å². The molecule has 13 nitrogen and oxygen atoms in total. The number of aromatic nitrogens is 5. The van der Waals surface area contributed by atoms with Gasteiger partial charge in [-0.3, -0.25) is 14.8 Å². The highest BCUT2D eigenvalue weighted by atomic mass is 19.3. The summed E-state index contributed by atoms with van der Waals surface area (Å²) in [4.78, 5) is 31.9. The van der Waals surface area contributed by atoms with Gasteiger partial charge in [-0.05, 0) is 55.8 Å². The number of H-pyrrole nitrogens is 1. The number of anilines is 3. The summed E-state index contributed by atoms with van der Waals surface area (Å²) in [6.07, 6.45) is 4.80. The highest BCUT2D eigenvalue weighted by molar-refractivity contribution is 5.92. The highest BCUT2D eigenvalue weighted by Crippen LogP contribution is 2.39. The van der Waals surface area contributed by atoms with Crippen LogP contribution in [0.3, 0.4) is 0 Å². The monoisotopic (exact) mass is 658 g/mol. The predicted octanol–water partition coefficient (Wildman–Crippen LogP) is 3.42. The zero-order valence-corrected chi connectivity index (χ0v) is 26.5. The molecule has 4 aliphatic rings. The van der Waals surface area contributed by atoms with Crippen LogP contribution in [0.5, 0.6) is 0 Å². The number of halogens is 2. The number of piperidine rings is 1. The molecular weight excluding hydrogens is 622 g/mol. The van der Waals surface area contributed by atoms with Crippen molar-refractivity contribution < 1.29 is 23.0 Å². The molecule has 2 atom stereocenters. The molecule has 0 spiro atoms. The van der Waals surface area contributed by atoms with E-state index < -0.39 is 29.9 Å². The van der Waals surface area contributed by atoms with Gasteiger partial charge in [0.05, 0.1) is 36.8 Å². The predicted molar refractivity (Wildman–Crippen MR) is 171 cm³/mol. The molecule has 48 heavy (non-hydrogen) atoms. The quantitative estimate of drug-likeness (QED) is 0.367. The van der Waals surface area contributed by atoms with E-state index in [9.17, 15) is 10.1 Å². The standard InChI is InChI=1S/C33H36F2N10O3/c1-32(9-6-27(22(16-32)17-36)48-28-8-11-45(20-33(28,34)35)29(46)26-7-10-39-42-26)30-37-21-38-31(41-30)40-23-2-4-24(5-3-23)43-12-14-44(15-13-43)25-18-47-19-25/h2-7,10,16,21,25,28H,8-9,11-15,18-20H2,1H3,(H,39,42)(H,37,38,40,41)/t28-,32?/m0/s1. The minimum absolute atomic E-state index is 0.0750. The number of carbonyl (C=O) groups excluding carboxylic acids is 1. The first-order valence-electron chi connectivity index (χ1n) is 16.0. The van der Waals surface area contributed by atoms with Gasteiger partial charge in [0.25, 0.3) is 5.91 Å². The second kappa shape index (κ2) is 12.9. The van der Waals surface area contributed by atoms with Gasteiger partial charge in [-0.1, -0.05) is 0 Å². The number of nitriles is 1. The fraction of sp³-hybridized carbons (Fsp3) is 0.455. The number of piperazine rings is 1. The number of rotatable bonds is 8. The number of nitrogens with zero attached hydrogens (tertiary/aromatic N) is 8. The Balaban J connectivity index is 0.976. The van der Waals surface area contributed by atoms with E-state index in [-0.39, 0.29) is 30.0 Å². The normalized spacial score (nSPS) is 24.6. The average Bonchev–Trinajstić information content (AvgIpc) is 3.61. The van der Waals surface area contributed by atoms with Crippen molar-refractivity contribution >= 4 is 23.2 Å². The second-order valence-electron chi connectivity index (χ2n) is 12.7. The smallest absolute Gasteiger partial charge is 0.301 e. The number of alkyl halides is 2. The van der Waals surface area contributed by atoms with Gasteiger partial charge in [0, 0.05) is 56.7 Å². The van der Waals surface area contributed by atoms with Crippen molar-refractivity contribution in [2.24, 2.45) is 0 Å². The molecule has 3 aromatic rings. The first-order chi connectivity index (χ1) is 23.2. The van der Waals surface area contributed by atoms with Crippen molar-refractivity contribution in [2.75, 3.05) is 62.7 Å². The maximum absolute atomic E-state index is 15.2. The molecule has 0 saturated carbocycles.